The van der Waals surface area contributed by atoms with Crippen LogP contribution in [-0.2, 0) is 22.0 Å². The van der Waals surface area contributed by atoms with Crippen LogP contribution >= 0.6 is 0 Å². The van der Waals surface area contributed by atoms with Gasteiger partial charge >= 0.3 is 12.0 Å². The highest BCUT2D eigenvalue weighted by atomic mass is 16.5. The van der Waals surface area contributed by atoms with Crippen molar-refractivity contribution in [3.05, 3.63) is 64.7 Å². The summed E-state index contributed by atoms with van der Waals surface area (Å²) in [5.41, 5.74) is 5.19. The van der Waals surface area contributed by atoms with Crippen LogP contribution in [0, 0.1) is 0 Å². The first-order valence-electron chi connectivity index (χ1n) is 12.1. The summed E-state index contributed by atoms with van der Waals surface area (Å²) >= 11 is 0. The van der Waals surface area contributed by atoms with Gasteiger partial charge < -0.3 is 15.4 Å². The van der Waals surface area contributed by atoms with E-state index in [0.29, 0.717) is 25.1 Å². The lowest BCUT2D eigenvalue weighted by Gasteiger charge is -2.41. The fourth-order valence-corrected chi connectivity index (χ4v) is 4.37. The number of anilines is 1. The van der Waals surface area contributed by atoms with Gasteiger partial charge in [0.1, 0.15) is 0 Å². The lowest BCUT2D eigenvalue weighted by molar-refractivity contribution is 0.0509. The fourth-order valence-electron chi connectivity index (χ4n) is 4.37. The van der Waals surface area contributed by atoms with Gasteiger partial charge in [-0.05, 0) is 71.0 Å². The minimum absolute atomic E-state index is 0.0594. The number of ether oxygens (including phenoxy) is 1. The Hall–Kier alpha value is -2.82. The molecule has 0 saturated carbocycles. The zero-order chi connectivity index (χ0) is 24.1. The number of hydrogen-bond donors (Lipinski definition) is 2. The molecule has 33 heavy (non-hydrogen) atoms. The van der Waals surface area contributed by atoms with E-state index in [0.717, 1.165) is 36.9 Å². The summed E-state index contributed by atoms with van der Waals surface area (Å²) in [4.78, 5) is 24.5. The quantitative estimate of drug-likeness (QED) is 0.363. The summed E-state index contributed by atoms with van der Waals surface area (Å²) in [5.74, 6) is -0.279. The Balaban J connectivity index is 1.53. The van der Waals surface area contributed by atoms with Crippen LogP contribution in [0.4, 0.5) is 10.5 Å². The number of carbonyl (C=O) groups is 2. The number of fused-ring (bicyclic) bond motifs is 1. The van der Waals surface area contributed by atoms with Gasteiger partial charge in [0.15, 0.2) is 0 Å². The van der Waals surface area contributed by atoms with Gasteiger partial charge in [0.2, 0.25) is 0 Å². The maximum absolute atomic E-state index is 12.7. The molecule has 2 aromatic carbocycles. The molecule has 2 aromatic rings. The molecule has 0 bridgehead atoms. The predicted molar refractivity (Wildman–Crippen MR) is 134 cm³/mol. The summed E-state index contributed by atoms with van der Waals surface area (Å²) in [6.07, 6.45) is 4.89. The minimum atomic E-state index is -0.279. The number of urea groups is 1. The Kier molecular flexibility index (Phi) is 7.83. The Morgan fingerprint density at radius 3 is 2.27 bits per heavy atom. The van der Waals surface area contributed by atoms with Crippen molar-refractivity contribution in [2.24, 2.45) is 0 Å². The van der Waals surface area contributed by atoms with Crippen LogP contribution < -0.4 is 10.6 Å². The maximum Gasteiger partial charge on any atom is 0.338 e. The Morgan fingerprint density at radius 1 is 0.939 bits per heavy atom. The molecule has 178 valence electrons. The number of unbranched alkanes of at least 4 members (excludes halogenated alkanes) is 1. The third-order valence-electron chi connectivity index (χ3n) is 6.74. The molecule has 1 aliphatic rings. The molecule has 1 aliphatic carbocycles. The van der Waals surface area contributed by atoms with E-state index in [1.54, 1.807) is 0 Å². The number of carbonyl (C=O) groups excluding carboxylic acids is 2. The molecule has 0 fully saturated rings. The Morgan fingerprint density at radius 2 is 1.61 bits per heavy atom. The smallest absolute Gasteiger partial charge is 0.338 e. The first kappa shape index (κ1) is 24.8. The van der Waals surface area contributed by atoms with E-state index in [1.165, 1.54) is 11.1 Å². The molecule has 0 heterocycles. The lowest BCUT2D eigenvalue weighted by Crippen LogP contribution is -2.34. The van der Waals surface area contributed by atoms with Gasteiger partial charge in [-0.25, -0.2) is 9.59 Å². The summed E-state index contributed by atoms with van der Waals surface area (Å²) in [7, 11) is 0. The number of hydrogen-bond acceptors (Lipinski definition) is 3. The number of esters is 1. The third-order valence-corrected chi connectivity index (χ3v) is 6.74. The maximum atomic E-state index is 12.7. The number of benzene rings is 2. The molecule has 0 radical (unpaired) electrons. The summed E-state index contributed by atoms with van der Waals surface area (Å²) < 4.78 is 5.57. The third kappa shape index (κ3) is 6.37. The molecule has 0 aliphatic heterocycles. The largest absolute Gasteiger partial charge is 0.462 e. The normalized spacial score (nSPS) is 15.9. The molecule has 3 rings (SSSR count). The van der Waals surface area contributed by atoms with Crippen LogP contribution in [0.3, 0.4) is 0 Å². The van der Waals surface area contributed by atoms with Crippen LogP contribution in [0.25, 0.3) is 0 Å². The van der Waals surface area contributed by atoms with Gasteiger partial charge in [-0.3, -0.25) is 0 Å². The molecule has 0 unspecified atom stereocenters. The van der Waals surface area contributed by atoms with E-state index in [2.05, 4.69) is 51.3 Å². The highest BCUT2D eigenvalue weighted by Gasteiger charge is 2.37. The van der Waals surface area contributed by atoms with Crippen LogP contribution in [0.15, 0.2) is 42.5 Å². The van der Waals surface area contributed by atoms with Crippen LogP contribution in [0.5, 0.6) is 0 Å². The molecule has 0 spiro atoms. The molecule has 0 atom stereocenters. The van der Waals surface area contributed by atoms with E-state index < -0.39 is 0 Å². The van der Waals surface area contributed by atoms with Crippen molar-refractivity contribution in [3.63, 3.8) is 0 Å². The zero-order valence-corrected chi connectivity index (χ0v) is 20.7. The average molecular weight is 451 g/mol. The molecule has 2 N–H and O–H groups in total. The number of rotatable bonds is 8. The molecular formula is C28H38N2O3. The van der Waals surface area contributed by atoms with E-state index in [4.69, 9.17) is 4.74 Å². The van der Waals surface area contributed by atoms with Crippen molar-refractivity contribution in [3.8, 4) is 0 Å². The van der Waals surface area contributed by atoms with Gasteiger partial charge in [0.05, 0.1) is 12.2 Å². The van der Waals surface area contributed by atoms with Crippen LogP contribution in [0.2, 0.25) is 0 Å². The molecular weight excluding hydrogens is 412 g/mol. The minimum Gasteiger partial charge on any atom is -0.462 e. The first-order chi connectivity index (χ1) is 15.6. The van der Waals surface area contributed by atoms with Gasteiger partial charge in [-0.1, -0.05) is 59.2 Å². The number of nitrogens with one attached hydrogen (secondary N) is 2. The molecule has 2 amide bonds. The molecule has 5 heteroatoms. The first-order valence-corrected chi connectivity index (χ1v) is 12.1. The van der Waals surface area contributed by atoms with Gasteiger partial charge in [-0.2, -0.15) is 0 Å². The predicted octanol–water partition coefficient (Wildman–Crippen LogP) is 6.36. The van der Waals surface area contributed by atoms with Crippen molar-refractivity contribution >= 4 is 17.7 Å². The second kappa shape index (κ2) is 10.4. The Bertz CT molecular complexity index is 977. The number of amides is 2. The van der Waals surface area contributed by atoms with E-state index in [1.807, 2.05) is 36.4 Å². The van der Waals surface area contributed by atoms with Crippen LogP contribution in [0.1, 0.15) is 87.4 Å². The second-order valence-corrected chi connectivity index (χ2v) is 10.3. The Labute approximate surface area is 198 Å². The topological polar surface area (TPSA) is 67.4 Å². The van der Waals surface area contributed by atoms with Crippen LogP contribution in [-0.4, -0.2) is 25.2 Å². The van der Waals surface area contributed by atoms with Crippen molar-refractivity contribution < 1.29 is 14.3 Å². The molecule has 0 aromatic heterocycles. The van der Waals surface area contributed by atoms with E-state index in [-0.39, 0.29) is 22.8 Å². The second-order valence-electron chi connectivity index (χ2n) is 10.3. The van der Waals surface area contributed by atoms with E-state index >= 15 is 0 Å². The van der Waals surface area contributed by atoms with Crippen molar-refractivity contribution in [2.45, 2.75) is 77.6 Å². The zero-order valence-electron chi connectivity index (χ0n) is 20.7. The SMILES string of the molecule is CCCCNC(=O)Nc1ccc(CCOC(=O)c2ccc3c(c2)C(C)(C)CCC3(C)C)cc1. The monoisotopic (exact) mass is 450 g/mol. The molecule has 5 nitrogen and oxygen atoms in total. The average Bonchev–Trinajstić information content (AvgIpc) is 2.78. The fraction of sp³-hybridized carbons (Fsp3) is 0.500. The molecule has 0 saturated heterocycles. The van der Waals surface area contributed by atoms with Crippen molar-refractivity contribution in [1.82, 2.24) is 5.32 Å². The summed E-state index contributed by atoms with van der Waals surface area (Å²) in [6, 6.07) is 13.5. The highest BCUT2D eigenvalue weighted by molar-refractivity contribution is 5.90. The van der Waals surface area contributed by atoms with Gasteiger partial charge in [0.25, 0.3) is 0 Å². The highest BCUT2D eigenvalue weighted by Crippen LogP contribution is 2.45. The van der Waals surface area contributed by atoms with E-state index in [9.17, 15) is 9.59 Å². The van der Waals surface area contributed by atoms with Crippen molar-refractivity contribution in [1.29, 1.82) is 0 Å². The van der Waals surface area contributed by atoms with Gasteiger partial charge in [0, 0.05) is 18.7 Å². The van der Waals surface area contributed by atoms with Gasteiger partial charge in [-0.15, -0.1) is 0 Å². The lowest BCUT2D eigenvalue weighted by atomic mass is 9.63. The summed E-state index contributed by atoms with van der Waals surface area (Å²) in [5, 5.41) is 5.66. The standard InChI is InChI=1S/C28H38N2O3/c1-6-7-17-29-26(32)30-22-11-8-20(9-12-22)14-18-33-25(31)21-10-13-23-24(19-21)28(4,5)16-15-27(23,2)3/h8-13,19H,6-7,14-18H2,1-5H3,(H2,29,30,32). The summed E-state index contributed by atoms with van der Waals surface area (Å²) in [6.45, 7) is 12.1. The van der Waals surface area contributed by atoms with Crippen molar-refractivity contribution in [2.75, 3.05) is 18.5 Å².